The normalized spacial score (nSPS) is 27.9. The molecule has 2 fully saturated rings. The summed E-state index contributed by atoms with van der Waals surface area (Å²) in [4.78, 5) is 14.6. The van der Waals surface area contributed by atoms with Crippen LogP contribution in [-0.2, 0) is 4.79 Å². The fraction of sp³-hybridized carbons (Fsp3) is 0.938. The van der Waals surface area contributed by atoms with Gasteiger partial charge in [-0.2, -0.15) is 0 Å². The monoisotopic (exact) mass is 281 g/mol. The van der Waals surface area contributed by atoms with Gasteiger partial charge in [0.1, 0.15) is 0 Å². The van der Waals surface area contributed by atoms with Gasteiger partial charge >= 0.3 is 0 Å². The lowest BCUT2D eigenvalue weighted by molar-refractivity contribution is -0.124. The molecule has 0 bridgehead atoms. The summed E-state index contributed by atoms with van der Waals surface area (Å²) in [5.41, 5.74) is 0. The highest BCUT2D eigenvalue weighted by molar-refractivity contribution is 5.78. The van der Waals surface area contributed by atoms with Crippen LogP contribution < -0.4 is 10.6 Å². The highest BCUT2D eigenvalue weighted by atomic mass is 16.2. The standard InChI is InChI=1S/C16H31N3O/c1-3-13(4-2)18-16(20)12-19-11-6-5-9-15(19)14-8-7-10-17-14/h13-15,17H,3-12H2,1-2H3,(H,18,20). The van der Waals surface area contributed by atoms with Crippen LogP contribution >= 0.6 is 0 Å². The Kier molecular flexibility index (Phi) is 6.30. The molecule has 0 radical (unpaired) electrons. The Bertz CT molecular complexity index is 298. The van der Waals surface area contributed by atoms with Gasteiger partial charge in [0.05, 0.1) is 6.54 Å². The molecule has 2 atom stereocenters. The van der Waals surface area contributed by atoms with E-state index in [0.29, 0.717) is 24.7 Å². The summed E-state index contributed by atoms with van der Waals surface area (Å²) in [7, 11) is 0. The summed E-state index contributed by atoms with van der Waals surface area (Å²) in [6.45, 7) is 7.09. The number of amides is 1. The molecule has 0 aromatic heterocycles. The first-order chi connectivity index (χ1) is 9.74. The number of hydrogen-bond donors (Lipinski definition) is 2. The lowest BCUT2D eigenvalue weighted by Crippen LogP contribution is -2.53. The third kappa shape index (κ3) is 4.19. The highest BCUT2D eigenvalue weighted by Gasteiger charge is 2.32. The lowest BCUT2D eigenvalue weighted by atomic mass is 9.94. The quantitative estimate of drug-likeness (QED) is 0.781. The second-order valence-corrected chi connectivity index (χ2v) is 6.32. The van der Waals surface area contributed by atoms with Gasteiger partial charge in [0.15, 0.2) is 0 Å². The van der Waals surface area contributed by atoms with Gasteiger partial charge in [0.2, 0.25) is 5.91 Å². The van der Waals surface area contributed by atoms with Gasteiger partial charge in [-0.05, 0) is 51.6 Å². The number of piperidine rings is 1. The van der Waals surface area contributed by atoms with Crippen molar-refractivity contribution in [3.63, 3.8) is 0 Å². The first-order valence-corrected chi connectivity index (χ1v) is 8.51. The molecule has 2 rings (SSSR count). The maximum atomic E-state index is 12.2. The molecule has 0 spiro atoms. The van der Waals surface area contributed by atoms with Crippen molar-refractivity contribution in [2.75, 3.05) is 19.6 Å². The van der Waals surface area contributed by atoms with E-state index in [0.717, 1.165) is 25.9 Å². The predicted molar refractivity (Wildman–Crippen MR) is 82.7 cm³/mol. The Morgan fingerprint density at radius 2 is 2.05 bits per heavy atom. The zero-order chi connectivity index (χ0) is 14.4. The molecule has 2 N–H and O–H groups in total. The summed E-state index contributed by atoms with van der Waals surface area (Å²) in [5.74, 6) is 0.212. The molecule has 1 amide bonds. The largest absolute Gasteiger partial charge is 0.352 e. The Morgan fingerprint density at radius 3 is 2.70 bits per heavy atom. The second-order valence-electron chi connectivity index (χ2n) is 6.32. The van der Waals surface area contributed by atoms with Crippen molar-refractivity contribution in [3.05, 3.63) is 0 Å². The van der Waals surface area contributed by atoms with Crippen molar-refractivity contribution in [3.8, 4) is 0 Å². The van der Waals surface area contributed by atoms with Crippen LogP contribution in [0.1, 0.15) is 58.8 Å². The van der Waals surface area contributed by atoms with Crippen LogP contribution in [0.3, 0.4) is 0 Å². The maximum absolute atomic E-state index is 12.2. The summed E-state index contributed by atoms with van der Waals surface area (Å²) in [6, 6.07) is 1.52. The molecule has 2 aliphatic heterocycles. The van der Waals surface area contributed by atoms with Gasteiger partial charge in [0.25, 0.3) is 0 Å². The molecule has 0 aliphatic carbocycles. The van der Waals surface area contributed by atoms with Crippen molar-refractivity contribution >= 4 is 5.91 Å². The van der Waals surface area contributed by atoms with Crippen molar-refractivity contribution in [2.24, 2.45) is 0 Å². The minimum atomic E-state index is 0.212. The maximum Gasteiger partial charge on any atom is 0.234 e. The zero-order valence-electron chi connectivity index (χ0n) is 13.2. The van der Waals surface area contributed by atoms with Crippen LogP contribution in [0.15, 0.2) is 0 Å². The van der Waals surface area contributed by atoms with Gasteiger partial charge < -0.3 is 10.6 Å². The van der Waals surface area contributed by atoms with Crippen molar-refractivity contribution in [1.82, 2.24) is 15.5 Å². The van der Waals surface area contributed by atoms with Crippen molar-refractivity contribution in [2.45, 2.75) is 76.9 Å². The van der Waals surface area contributed by atoms with Crippen LogP contribution in [0.2, 0.25) is 0 Å². The summed E-state index contributed by atoms with van der Waals surface area (Å²) >= 11 is 0. The molecule has 0 aromatic rings. The molecule has 2 saturated heterocycles. The van der Waals surface area contributed by atoms with Gasteiger partial charge in [-0.25, -0.2) is 0 Å². The summed E-state index contributed by atoms with van der Waals surface area (Å²) < 4.78 is 0. The Hall–Kier alpha value is -0.610. The first kappa shape index (κ1) is 15.8. The Morgan fingerprint density at radius 1 is 1.25 bits per heavy atom. The van der Waals surface area contributed by atoms with E-state index in [2.05, 4.69) is 29.4 Å². The van der Waals surface area contributed by atoms with Crippen LogP contribution in [0, 0.1) is 0 Å². The van der Waals surface area contributed by atoms with Crippen molar-refractivity contribution in [1.29, 1.82) is 0 Å². The molecule has 2 aliphatic rings. The van der Waals surface area contributed by atoms with E-state index in [1.54, 1.807) is 0 Å². The van der Waals surface area contributed by atoms with E-state index in [9.17, 15) is 4.79 Å². The Labute approximate surface area is 123 Å². The van der Waals surface area contributed by atoms with Crippen LogP contribution in [0.5, 0.6) is 0 Å². The molecule has 2 unspecified atom stereocenters. The van der Waals surface area contributed by atoms with Crippen molar-refractivity contribution < 1.29 is 4.79 Å². The molecule has 0 aromatic carbocycles. The average molecular weight is 281 g/mol. The third-order valence-corrected chi connectivity index (χ3v) is 4.92. The molecular formula is C16H31N3O. The number of carbonyl (C=O) groups excluding carboxylic acids is 1. The Balaban J connectivity index is 1.86. The fourth-order valence-electron chi connectivity index (χ4n) is 3.66. The molecule has 20 heavy (non-hydrogen) atoms. The number of hydrogen-bond acceptors (Lipinski definition) is 3. The number of rotatable bonds is 6. The van der Waals surface area contributed by atoms with E-state index < -0.39 is 0 Å². The molecular weight excluding hydrogens is 250 g/mol. The van der Waals surface area contributed by atoms with E-state index >= 15 is 0 Å². The first-order valence-electron chi connectivity index (χ1n) is 8.51. The average Bonchev–Trinajstić information content (AvgIpc) is 2.99. The smallest absolute Gasteiger partial charge is 0.234 e. The van der Waals surface area contributed by atoms with E-state index in [4.69, 9.17) is 0 Å². The third-order valence-electron chi connectivity index (χ3n) is 4.92. The number of nitrogens with one attached hydrogen (secondary N) is 2. The van der Waals surface area contributed by atoms with Crippen LogP contribution in [0.25, 0.3) is 0 Å². The van der Waals surface area contributed by atoms with Gasteiger partial charge in [-0.1, -0.05) is 20.3 Å². The SMILES string of the molecule is CCC(CC)NC(=O)CN1CCCCC1C1CCCN1. The zero-order valence-corrected chi connectivity index (χ0v) is 13.2. The number of carbonyl (C=O) groups is 1. The summed E-state index contributed by atoms with van der Waals surface area (Å²) in [5, 5.41) is 6.79. The number of likely N-dealkylation sites (tertiary alicyclic amines) is 1. The van der Waals surface area contributed by atoms with E-state index in [-0.39, 0.29) is 5.91 Å². The number of nitrogens with zero attached hydrogens (tertiary/aromatic N) is 1. The van der Waals surface area contributed by atoms with Gasteiger partial charge in [0, 0.05) is 18.1 Å². The molecule has 4 nitrogen and oxygen atoms in total. The molecule has 0 saturated carbocycles. The molecule has 116 valence electrons. The van der Waals surface area contributed by atoms with E-state index in [1.807, 2.05) is 0 Å². The minimum Gasteiger partial charge on any atom is -0.352 e. The fourth-order valence-corrected chi connectivity index (χ4v) is 3.66. The molecule has 4 heteroatoms. The second kappa shape index (κ2) is 7.99. The summed E-state index contributed by atoms with van der Waals surface area (Å²) in [6.07, 6.45) is 8.40. The van der Waals surface area contributed by atoms with Gasteiger partial charge in [-0.15, -0.1) is 0 Å². The molecule has 2 heterocycles. The lowest BCUT2D eigenvalue weighted by Gasteiger charge is -2.39. The highest BCUT2D eigenvalue weighted by Crippen LogP contribution is 2.23. The van der Waals surface area contributed by atoms with Gasteiger partial charge in [-0.3, -0.25) is 9.69 Å². The topological polar surface area (TPSA) is 44.4 Å². The van der Waals surface area contributed by atoms with Crippen LogP contribution in [-0.4, -0.2) is 48.6 Å². The van der Waals surface area contributed by atoms with E-state index in [1.165, 1.54) is 32.1 Å². The predicted octanol–water partition coefficient (Wildman–Crippen LogP) is 1.90. The minimum absolute atomic E-state index is 0.212. The van der Waals surface area contributed by atoms with Crippen LogP contribution in [0.4, 0.5) is 0 Å².